The highest BCUT2D eigenvalue weighted by Gasteiger charge is 2.45. The van der Waals surface area contributed by atoms with Gasteiger partial charge in [0.2, 0.25) is 0 Å². The Bertz CT molecular complexity index is 302. The van der Waals surface area contributed by atoms with Crippen molar-refractivity contribution in [1.82, 2.24) is 4.90 Å². The van der Waals surface area contributed by atoms with E-state index in [-0.39, 0.29) is 0 Å². The first-order valence-corrected chi connectivity index (χ1v) is 8.72. The fourth-order valence-corrected chi connectivity index (χ4v) is 5.41. The van der Waals surface area contributed by atoms with Crippen LogP contribution in [0, 0.1) is 11.8 Å². The Balaban J connectivity index is 1.80. The molecule has 4 unspecified atom stereocenters. The van der Waals surface area contributed by atoms with Crippen molar-refractivity contribution in [3.05, 3.63) is 0 Å². The van der Waals surface area contributed by atoms with E-state index >= 15 is 0 Å². The van der Waals surface area contributed by atoms with E-state index in [0.717, 1.165) is 24.4 Å². The molecule has 2 saturated carbocycles. The van der Waals surface area contributed by atoms with Gasteiger partial charge in [0.05, 0.1) is 0 Å². The minimum atomic E-state index is 0.359. The van der Waals surface area contributed by atoms with Gasteiger partial charge in [-0.25, -0.2) is 0 Å². The second-order valence-corrected chi connectivity index (χ2v) is 7.58. The normalized spacial score (nSPS) is 44.8. The molecule has 0 aromatic carbocycles. The number of piperidine rings is 1. The lowest BCUT2D eigenvalue weighted by Gasteiger charge is -2.56. The summed E-state index contributed by atoms with van der Waals surface area (Å²) in [5.74, 6) is 1.87. The lowest BCUT2D eigenvalue weighted by atomic mass is 9.70. The summed E-state index contributed by atoms with van der Waals surface area (Å²) in [7, 11) is 0. The number of rotatable bonds is 2. The fourth-order valence-electron chi connectivity index (χ4n) is 5.41. The van der Waals surface area contributed by atoms with Crippen LogP contribution in [0.3, 0.4) is 0 Å². The van der Waals surface area contributed by atoms with Crippen LogP contribution in [0.2, 0.25) is 0 Å². The molecular weight excluding hydrogens is 232 g/mol. The van der Waals surface area contributed by atoms with E-state index in [1.807, 2.05) is 0 Å². The van der Waals surface area contributed by atoms with Crippen LogP contribution in [0.15, 0.2) is 0 Å². The molecular formula is C17H32N2. The Labute approximate surface area is 119 Å². The molecule has 0 spiro atoms. The maximum Gasteiger partial charge on any atom is 0.0337 e. The van der Waals surface area contributed by atoms with Crippen LogP contribution < -0.4 is 5.73 Å². The summed E-state index contributed by atoms with van der Waals surface area (Å²) < 4.78 is 0. The third kappa shape index (κ3) is 2.58. The fraction of sp³-hybridized carbons (Fsp3) is 1.00. The Kier molecular flexibility index (Phi) is 4.19. The van der Waals surface area contributed by atoms with E-state index in [2.05, 4.69) is 11.8 Å². The molecule has 1 saturated heterocycles. The van der Waals surface area contributed by atoms with E-state index in [1.165, 1.54) is 70.8 Å². The zero-order chi connectivity index (χ0) is 13.3. The van der Waals surface area contributed by atoms with Gasteiger partial charge in [-0.2, -0.15) is 0 Å². The first-order chi connectivity index (χ1) is 9.25. The molecule has 19 heavy (non-hydrogen) atoms. The molecule has 2 aliphatic carbocycles. The zero-order valence-electron chi connectivity index (χ0n) is 12.7. The average molecular weight is 264 g/mol. The SMILES string of the molecule is CC1CCCC(CN)(N2CCCC3CCCCC32)C1. The van der Waals surface area contributed by atoms with Crippen molar-refractivity contribution in [2.45, 2.75) is 82.7 Å². The van der Waals surface area contributed by atoms with Crippen molar-refractivity contribution >= 4 is 0 Å². The number of nitrogens with zero attached hydrogens (tertiary/aromatic N) is 1. The van der Waals surface area contributed by atoms with Gasteiger partial charge in [0.15, 0.2) is 0 Å². The quantitative estimate of drug-likeness (QED) is 0.826. The van der Waals surface area contributed by atoms with Crippen LogP contribution in [0.5, 0.6) is 0 Å². The van der Waals surface area contributed by atoms with Gasteiger partial charge < -0.3 is 5.73 Å². The van der Waals surface area contributed by atoms with Crippen molar-refractivity contribution in [3.8, 4) is 0 Å². The molecule has 0 aromatic heterocycles. The van der Waals surface area contributed by atoms with Gasteiger partial charge in [0, 0.05) is 18.1 Å². The highest BCUT2D eigenvalue weighted by Crippen LogP contribution is 2.44. The van der Waals surface area contributed by atoms with Gasteiger partial charge in [-0.05, 0) is 56.9 Å². The van der Waals surface area contributed by atoms with E-state index in [4.69, 9.17) is 5.73 Å². The van der Waals surface area contributed by atoms with Gasteiger partial charge in [0.1, 0.15) is 0 Å². The van der Waals surface area contributed by atoms with Crippen molar-refractivity contribution in [2.24, 2.45) is 17.6 Å². The molecule has 0 radical (unpaired) electrons. The van der Waals surface area contributed by atoms with Crippen LogP contribution in [0.4, 0.5) is 0 Å². The molecule has 2 nitrogen and oxygen atoms in total. The standard InChI is InChI=1S/C17H32N2/c1-14-6-4-10-17(12-14,13-18)19-11-5-8-15-7-2-3-9-16(15)19/h14-16H,2-13,18H2,1H3. The molecule has 2 N–H and O–H groups in total. The van der Waals surface area contributed by atoms with Crippen LogP contribution in [0.25, 0.3) is 0 Å². The molecule has 2 heteroatoms. The van der Waals surface area contributed by atoms with Crippen molar-refractivity contribution in [1.29, 1.82) is 0 Å². The van der Waals surface area contributed by atoms with Crippen molar-refractivity contribution in [3.63, 3.8) is 0 Å². The summed E-state index contributed by atoms with van der Waals surface area (Å²) in [5.41, 5.74) is 6.67. The predicted octanol–water partition coefficient (Wildman–Crippen LogP) is 3.55. The summed E-state index contributed by atoms with van der Waals surface area (Å²) >= 11 is 0. The number of nitrogens with two attached hydrogens (primary N) is 1. The van der Waals surface area contributed by atoms with Gasteiger partial charge in [-0.15, -0.1) is 0 Å². The molecule has 4 atom stereocenters. The lowest BCUT2D eigenvalue weighted by Crippen LogP contribution is -2.63. The van der Waals surface area contributed by atoms with Crippen LogP contribution in [-0.4, -0.2) is 29.6 Å². The highest BCUT2D eigenvalue weighted by molar-refractivity contribution is 5.01. The largest absolute Gasteiger partial charge is 0.329 e. The Morgan fingerprint density at radius 2 is 1.84 bits per heavy atom. The molecule has 3 aliphatic rings. The Hall–Kier alpha value is -0.0800. The Morgan fingerprint density at radius 3 is 2.63 bits per heavy atom. The minimum absolute atomic E-state index is 0.359. The zero-order valence-corrected chi connectivity index (χ0v) is 12.7. The maximum absolute atomic E-state index is 6.31. The van der Waals surface area contributed by atoms with Crippen LogP contribution in [0.1, 0.15) is 71.1 Å². The van der Waals surface area contributed by atoms with E-state index in [9.17, 15) is 0 Å². The molecule has 0 bridgehead atoms. The van der Waals surface area contributed by atoms with Crippen LogP contribution >= 0.6 is 0 Å². The topological polar surface area (TPSA) is 29.3 Å². The van der Waals surface area contributed by atoms with Crippen molar-refractivity contribution < 1.29 is 0 Å². The van der Waals surface area contributed by atoms with Gasteiger partial charge in [-0.3, -0.25) is 4.90 Å². The monoisotopic (exact) mass is 264 g/mol. The van der Waals surface area contributed by atoms with E-state index < -0.39 is 0 Å². The number of hydrogen-bond donors (Lipinski definition) is 1. The Morgan fingerprint density at radius 1 is 1.05 bits per heavy atom. The van der Waals surface area contributed by atoms with Gasteiger partial charge in [0.25, 0.3) is 0 Å². The second kappa shape index (κ2) is 5.73. The first kappa shape index (κ1) is 13.9. The molecule has 3 fully saturated rings. The molecule has 110 valence electrons. The van der Waals surface area contributed by atoms with E-state index in [0.29, 0.717) is 5.54 Å². The lowest BCUT2D eigenvalue weighted by molar-refractivity contribution is -0.0510. The smallest absolute Gasteiger partial charge is 0.0337 e. The summed E-state index contributed by atoms with van der Waals surface area (Å²) in [6, 6.07) is 0.872. The van der Waals surface area contributed by atoms with Gasteiger partial charge >= 0.3 is 0 Å². The third-order valence-corrected chi connectivity index (χ3v) is 6.30. The molecule has 1 heterocycles. The van der Waals surface area contributed by atoms with Crippen LogP contribution in [-0.2, 0) is 0 Å². The summed E-state index contributed by atoms with van der Waals surface area (Å²) in [5, 5.41) is 0. The van der Waals surface area contributed by atoms with E-state index in [1.54, 1.807) is 0 Å². The van der Waals surface area contributed by atoms with Crippen molar-refractivity contribution in [2.75, 3.05) is 13.1 Å². The number of hydrogen-bond acceptors (Lipinski definition) is 2. The summed E-state index contributed by atoms with van der Waals surface area (Å²) in [6.07, 6.45) is 14.3. The third-order valence-electron chi connectivity index (χ3n) is 6.30. The highest BCUT2D eigenvalue weighted by atomic mass is 15.2. The molecule has 0 aromatic rings. The van der Waals surface area contributed by atoms with Gasteiger partial charge in [-0.1, -0.05) is 32.6 Å². The minimum Gasteiger partial charge on any atom is -0.329 e. The summed E-state index contributed by atoms with van der Waals surface area (Å²) in [4.78, 5) is 2.91. The summed E-state index contributed by atoms with van der Waals surface area (Å²) in [6.45, 7) is 4.65. The second-order valence-electron chi connectivity index (χ2n) is 7.58. The molecule has 3 rings (SSSR count). The number of fused-ring (bicyclic) bond motifs is 1. The predicted molar refractivity (Wildman–Crippen MR) is 81.1 cm³/mol. The average Bonchev–Trinajstić information content (AvgIpc) is 2.46. The molecule has 1 aliphatic heterocycles. The first-order valence-electron chi connectivity index (χ1n) is 8.72. The molecule has 0 amide bonds. The maximum atomic E-state index is 6.31. The number of likely N-dealkylation sites (tertiary alicyclic amines) is 1.